The largest absolute Gasteiger partial charge is 0.378 e. The first kappa shape index (κ1) is 20.2. The molecule has 1 amide bonds. The zero-order valence-electron chi connectivity index (χ0n) is 17.7. The highest BCUT2D eigenvalue weighted by molar-refractivity contribution is 7.21. The Hall–Kier alpha value is -3.42. The van der Waals surface area contributed by atoms with Crippen LogP contribution in [-0.4, -0.2) is 47.1 Å². The lowest BCUT2D eigenvalue weighted by Crippen LogP contribution is -2.40. The van der Waals surface area contributed by atoms with Gasteiger partial charge in [0.15, 0.2) is 0 Å². The van der Waals surface area contributed by atoms with Crippen LogP contribution >= 0.6 is 11.3 Å². The van der Waals surface area contributed by atoms with E-state index in [2.05, 4.69) is 29.3 Å². The number of amides is 1. The summed E-state index contributed by atoms with van der Waals surface area (Å²) < 4.78 is 20.3. The summed E-state index contributed by atoms with van der Waals surface area (Å²) in [4.78, 5) is 24.6. The molecule has 2 aromatic heterocycles. The van der Waals surface area contributed by atoms with Crippen molar-refractivity contribution in [2.75, 3.05) is 26.3 Å². The Morgan fingerprint density at radius 3 is 2.52 bits per heavy atom. The quantitative estimate of drug-likeness (QED) is 0.412. The number of morpholine rings is 1. The highest BCUT2D eigenvalue weighted by Gasteiger charge is 2.39. The Bertz CT molecular complexity index is 1390. The number of ether oxygens (including phenoxy) is 1. The lowest BCUT2D eigenvalue weighted by atomic mass is 9.89. The van der Waals surface area contributed by atoms with E-state index in [1.54, 1.807) is 17.0 Å². The molecule has 1 fully saturated rings. The van der Waals surface area contributed by atoms with E-state index in [-0.39, 0.29) is 11.3 Å². The van der Waals surface area contributed by atoms with Crippen LogP contribution in [0.25, 0.3) is 20.9 Å². The summed E-state index contributed by atoms with van der Waals surface area (Å²) >= 11 is 1.36. The second-order valence-electron chi connectivity index (χ2n) is 8.21. The second kappa shape index (κ2) is 7.86. The number of fused-ring (bicyclic) bond motifs is 1. The van der Waals surface area contributed by atoms with Crippen molar-refractivity contribution in [3.63, 3.8) is 0 Å². The van der Waals surface area contributed by atoms with Crippen LogP contribution in [0.4, 0.5) is 4.39 Å². The molecule has 2 aliphatic rings. The van der Waals surface area contributed by atoms with Gasteiger partial charge >= 0.3 is 0 Å². The number of nitrogens with zero attached hydrogens (tertiary/aromatic N) is 3. The van der Waals surface area contributed by atoms with Crippen molar-refractivity contribution in [1.82, 2.24) is 14.9 Å². The lowest BCUT2D eigenvalue weighted by Gasteiger charge is -2.26. The fourth-order valence-electron chi connectivity index (χ4n) is 4.24. The smallest absolute Gasteiger partial charge is 0.254 e. The number of hydrogen-bond acceptors (Lipinski definition) is 5. The van der Waals surface area contributed by atoms with E-state index in [1.165, 1.54) is 23.0 Å². The molecule has 33 heavy (non-hydrogen) atoms. The molecule has 0 radical (unpaired) electrons. The first-order valence-corrected chi connectivity index (χ1v) is 11.7. The SMILES string of the molecule is O=C(c1ccc(-c2nc3ccc(C4(c5ccccc5)C=C4)nc3s2)c(F)c1)N1CCOCC1. The van der Waals surface area contributed by atoms with Crippen LogP contribution in [0.1, 0.15) is 21.6 Å². The fraction of sp³-hybridized carbons (Fsp3) is 0.192. The van der Waals surface area contributed by atoms with Gasteiger partial charge in [0.2, 0.25) is 0 Å². The molecule has 0 unspecified atom stereocenters. The molecule has 0 atom stereocenters. The van der Waals surface area contributed by atoms with Gasteiger partial charge in [0, 0.05) is 24.2 Å². The van der Waals surface area contributed by atoms with Crippen LogP contribution in [0.15, 0.2) is 72.8 Å². The summed E-state index contributed by atoms with van der Waals surface area (Å²) in [7, 11) is 0. The molecule has 7 heteroatoms. The molecule has 0 saturated carbocycles. The van der Waals surface area contributed by atoms with Gasteiger partial charge in [-0.25, -0.2) is 14.4 Å². The molecule has 0 N–H and O–H groups in total. The number of thiazole rings is 1. The van der Waals surface area contributed by atoms with E-state index in [0.29, 0.717) is 42.4 Å². The molecule has 164 valence electrons. The Balaban J connectivity index is 1.31. The molecule has 3 heterocycles. The van der Waals surface area contributed by atoms with Crippen LogP contribution in [0.2, 0.25) is 0 Å². The monoisotopic (exact) mass is 457 g/mol. The van der Waals surface area contributed by atoms with Crippen molar-refractivity contribution in [2.45, 2.75) is 5.41 Å². The molecule has 6 rings (SSSR count). The van der Waals surface area contributed by atoms with E-state index in [1.807, 2.05) is 30.3 Å². The van der Waals surface area contributed by atoms with Gasteiger partial charge in [-0.2, -0.15) is 0 Å². The van der Waals surface area contributed by atoms with Gasteiger partial charge in [-0.1, -0.05) is 53.8 Å². The predicted octanol–water partition coefficient (Wildman–Crippen LogP) is 4.83. The summed E-state index contributed by atoms with van der Waals surface area (Å²) in [5.74, 6) is -0.638. The normalized spacial score (nSPS) is 16.8. The molecule has 1 aliphatic carbocycles. The topological polar surface area (TPSA) is 55.3 Å². The van der Waals surface area contributed by atoms with E-state index >= 15 is 4.39 Å². The van der Waals surface area contributed by atoms with Gasteiger partial charge in [-0.15, -0.1) is 0 Å². The standard InChI is InChI=1S/C26H20FN3O2S/c27-20-16-17(25(31)30-12-14-32-15-13-30)6-7-19(20)23-28-21-8-9-22(29-24(21)33-23)26(10-11-26)18-4-2-1-3-5-18/h1-11,16H,12-15H2. The Morgan fingerprint density at radius 2 is 1.79 bits per heavy atom. The van der Waals surface area contributed by atoms with Crippen LogP contribution in [0, 0.1) is 5.82 Å². The fourth-order valence-corrected chi connectivity index (χ4v) is 5.21. The number of halogens is 1. The third kappa shape index (κ3) is 3.53. The van der Waals surface area contributed by atoms with Crippen LogP contribution in [0.5, 0.6) is 0 Å². The maximum atomic E-state index is 15.0. The van der Waals surface area contributed by atoms with E-state index in [9.17, 15) is 4.79 Å². The highest BCUT2D eigenvalue weighted by Crippen LogP contribution is 2.45. The van der Waals surface area contributed by atoms with Crippen molar-refractivity contribution < 1.29 is 13.9 Å². The summed E-state index contributed by atoms with van der Waals surface area (Å²) in [5, 5.41) is 0.551. The molecule has 4 aromatic rings. The Morgan fingerprint density at radius 1 is 1.00 bits per heavy atom. The van der Waals surface area contributed by atoms with Gasteiger partial charge in [0.25, 0.3) is 5.91 Å². The van der Waals surface area contributed by atoms with Gasteiger partial charge < -0.3 is 9.64 Å². The molecule has 2 aromatic carbocycles. The predicted molar refractivity (Wildman–Crippen MR) is 126 cm³/mol. The molecule has 1 aliphatic heterocycles. The summed E-state index contributed by atoms with van der Waals surface area (Å²) in [6.07, 6.45) is 4.28. The summed E-state index contributed by atoms with van der Waals surface area (Å²) in [6.45, 7) is 2.06. The van der Waals surface area contributed by atoms with Crippen LogP contribution < -0.4 is 0 Å². The van der Waals surface area contributed by atoms with E-state index in [0.717, 1.165) is 16.0 Å². The zero-order valence-corrected chi connectivity index (χ0v) is 18.5. The third-order valence-electron chi connectivity index (χ3n) is 6.18. The van der Waals surface area contributed by atoms with Gasteiger partial charge in [-0.3, -0.25) is 4.79 Å². The van der Waals surface area contributed by atoms with Gasteiger partial charge in [0.1, 0.15) is 21.2 Å². The van der Waals surface area contributed by atoms with Crippen LogP contribution in [-0.2, 0) is 10.2 Å². The van der Waals surface area contributed by atoms with E-state index < -0.39 is 5.82 Å². The van der Waals surface area contributed by atoms with E-state index in [4.69, 9.17) is 9.72 Å². The van der Waals surface area contributed by atoms with Gasteiger partial charge in [0.05, 0.1) is 24.3 Å². The second-order valence-corrected chi connectivity index (χ2v) is 9.18. The minimum atomic E-state index is -0.460. The summed E-state index contributed by atoms with van der Waals surface area (Å²) in [6, 6.07) is 18.8. The first-order valence-electron chi connectivity index (χ1n) is 10.8. The minimum Gasteiger partial charge on any atom is -0.378 e. The van der Waals surface area contributed by atoms with Crippen LogP contribution in [0.3, 0.4) is 0 Å². The zero-order chi connectivity index (χ0) is 22.4. The summed E-state index contributed by atoms with van der Waals surface area (Å²) in [5.41, 5.74) is 3.28. The average molecular weight is 458 g/mol. The Kier molecular flexibility index (Phi) is 4.81. The van der Waals surface area contributed by atoms with Gasteiger partial charge in [-0.05, 0) is 35.9 Å². The average Bonchev–Trinajstić information content (AvgIpc) is 3.57. The highest BCUT2D eigenvalue weighted by atomic mass is 32.1. The molecule has 1 saturated heterocycles. The number of pyridine rings is 1. The van der Waals surface area contributed by atoms with Crippen molar-refractivity contribution in [3.8, 4) is 10.6 Å². The number of carbonyl (C=O) groups excluding carboxylic acids is 1. The van der Waals surface area contributed by atoms with Crippen molar-refractivity contribution in [1.29, 1.82) is 0 Å². The lowest BCUT2D eigenvalue weighted by molar-refractivity contribution is 0.0302. The van der Waals surface area contributed by atoms with Crippen molar-refractivity contribution in [2.24, 2.45) is 0 Å². The minimum absolute atomic E-state index is 0.178. The molecule has 5 nitrogen and oxygen atoms in total. The number of allylic oxidation sites excluding steroid dienone is 2. The Labute approximate surface area is 194 Å². The maximum Gasteiger partial charge on any atom is 0.254 e. The molecular formula is C26H20FN3O2S. The number of carbonyl (C=O) groups is 1. The third-order valence-corrected chi connectivity index (χ3v) is 7.17. The van der Waals surface area contributed by atoms with Crippen molar-refractivity contribution in [3.05, 3.63) is 95.5 Å². The first-order chi connectivity index (χ1) is 16.1. The number of rotatable bonds is 4. The van der Waals surface area contributed by atoms with Crippen molar-refractivity contribution >= 4 is 27.6 Å². The number of benzene rings is 2. The number of hydrogen-bond donors (Lipinski definition) is 0. The molecule has 0 spiro atoms. The number of aromatic nitrogens is 2. The molecular weight excluding hydrogens is 437 g/mol. The molecule has 0 bridgehead atoms. The maximum absolute atomic E-state index is 15.0.